The average Bonchev–Trinajstić information content (AvgIpc) is 2.91. The van der Waals surface area contributed by atoms with E-state index in [9.17, 15) is 4.79 Å². The van der Waals surface area contributed by atoms with Crippen LogP contribution in [0.2, 0.25) is 0 Å². The number of hydrogen-bond acceptors (Lipinski definition) is 1. The predicted molar refractivity (Wildman–Crippen MR) is 90.0 cm³/mol. The van der Waals surface area contributed by atoms with Crippen LogP contribution in [0.15, 0.2) is 48.5 Å². The van der Waals surface area contributed by atoms with Crippen LogP contribution >= 0.6 is 0 Å². The van der Waals surface area contributed by atoms with Gasteiger partial charge in [-0.05, 0) is 48.8 Å². The number of carbonyl (C=O) groups is 1. The highest BCUT2D eigenvalue weighted by atomic mass is 16.1. The largest absolute Gasteiger partial charge is 0.356 e. The summed E-state index contributed by atoms with van der Waals surface area (Å²) in [6.45, 7) is 2.82. The van der Waals surface area contributed by atoms with Gasteiger partial charge in [0.05, 0.1) is 0 Å². The van der Waals surface area contributed by atoms with E-state index in [2.05, 4.69) is 60.8 Å². The normalized spacial score (nSPS) is 16.3. The molecule has 1 N–H and O–H groups in total. The molecule has 0 spiro atoms. The van der Waals surface area contributed by atoms with Crippen molar-refractivity contribution in [2.24, 2.45) is 0 Å². The third-order valence-corrected chi connectivity index (χ3v) is 4.51. The first-order valence-corrected chi connectivity index (χ1v) is 8.12. The number of amides is 1. The van der Waals surface area contributed by atoms with Gasteiger partial charge in [-0.15, -0.1) is 0 Å². The van der Waals surface area contributed by atoms with Gasteiger partial charge in [-0.1, -0.05) is 54.1 Å². The summed E-state index contributed by atoms with van der Waals surface area (Å²) in [5.74, 6) is 0.574. The Morgan fingerprint density at radius 3 is 2.91 bits per heavy atom. The van der Waals surface area contributed by atoms with Crippen LogP contribution in [-0.4, -0.2) is 12.5 Å². The van der Waals surface area contributed by atoms with Gasteiger partial charge < -0.3 is 5.32 Å². The van der Waals surface area contributed by atoms with Gasteiger partial charge in [-0.2, -0.15) is 0 Å². The third kappa shape index (κ3) is 3.56. The molecular formula is C20H23NO. The van der Waals surface area contributed by atoms with E-state index in [-0.39, 0.29) is 5.91 Å². The van der Waals surface area contributed by atoms with Crippen molar-refractivity contribution in [3.63, 3.8) is 0 Å². The van der Waals surface area contributed by atoms with E-state index in [4.69, 9.17) is 0 Å². The second-order valence-corrected chi connectivity index (χ2v) is 6.23. The minimum Gasteiger partial charge on any atom is -0.356 e. The Morgan fingerprint density at radius 1 is 1.18 bits per heavy atom. The molecule has 0 fully saturated rings. The second kappa shape index (κ2) is 6.78. The van der Waals surface area contributed by atoms with Crippen LogP contribution in [0.1, 0.15) is 41.0 Å². The second-order valence-electron chi connectivity index (χ2n) is 6.23. The molecule has 2 heteroatoms. The third-order valence-electron chi connectivity index (χ3n) is 4.51. The number of fused-ring (bicyclic) bond motifs is 1. The Hall–Kier alpha value is -2.09. The molecule has 0 radical (unpaired) electrons. The quantitative estimate of drug-likeness (QED) is 0.893. The van der Waals surface area contributed by atoms with E-state index >= 15 is 0 Å². The molecule has 1 amide bonds. The standard InChI is InChI=1S/C20H23NO/c1-15-5-4-6-16(13-15)11-12-21-20(22)14-18-10-9-17-7-2-3-8-19(17)18/h2-8,13,18H,9-12,14H2,1H3,(H,21,22). The highest BCUT2D eigenvalue weighted by Gasteiger charge is 2.23. The molecule has 0 aromatic heterocycles. The summed E-state index contributed by atoms with van der Waals surface area (Å²) in [6.07, 6.45) is 3.72. The Kier molecular flexibility index (Phi) is 4.57. The highest BCUT2D eigenvalue weighted by Crippen LogP contribution is 2.34. The average molecular weight is 293 g/mol. The van der Waals surface area contributed by atoms with Crippen molar-refractivity contribution in [3.05, 3.63) is 70.8 Å². The molecule has 2 aromatic rings. The molecule has 2 nitrogen and oxygen atoms in total. The lowest BCUT2D eigenvalue weighted by Gasteiger charge is -2.12. The molecular weight excluding hydrogens is 270 g/mol. The first-order chi connectivity index (χ1) is 10.7. The van der Waals surface area contributed by atoms with E-state index in [1.807, 2.05) is 0 Å². The summed E-state index contributed by atoms with van der Waals surface area (Å²) in [5, 5.41) is 3.07. The Bertz CT molecular complexity index is 662. The summed E-state index contributed by atoms with van der Waals surface area (Å²) in [4.78, 5) is 12.2. The summed E-state index contributed by atoms with van der Waals surface area (Å²) in [6, 6.07) is 17.0. The first kappa shape index (κ1) is 14.8. The minimum atomic E-state index is 0.175. The van der Waals surface area contributed by atoms with Crippen molar-refractivity contribution in [3.8, 4) is 0 Å². The van der Waals surface area contributed by atoms with Crippen LogP contribution in [0.25, 0.3) is 0 Å². The Morgan fingerprint density at radius 2 is 2.05 bits per heavy atom. The molecule has 2 aromatic carbocycles. The molecule has 0 aliphatic heterocycles. The van der Waals surface area contributed by atoms with Gasteiger partial charge in [-0.25, -0.2) is 0 Å². The predicted octanol–water partition coefficient (Wildman–Crippen LogP) is 3.77. The maximum Gasteiger partial charge on any atom is 0.220 e. The maximum atomic E-state index is 12.2. The number of carbonyl (C=O) groups excluding carboxylic acids is 1. The Balaban J connectivity index is 1.47. The topological polar surface area (TPSA) is 29.1 Å². The lowest BCUT2D eigenvalue weighted by atomic mass is 9.97. The number of benzene rings is 2. The molecule has 0 heterocycles. The molecule has 114 valence electrons. The van der Waals surface area contributed by atoms with Crippen LogP contribution in [0.4, 0.5) is 0 Å². The van der Waals surface area contributed by atoms with E-state index < -0.39 is 0 Å². The maximum absolute atomic E-state index is 12.2. The Labute approximate surface area is 132 Å². The number of aryl methyl sites for hydroxylation is 2. The molecule has 1 aliphatic carbocycles. The fourth-order valence-electron chi connectivity index (χ4n) is 3.37. The van der Waals surface area contributed by atoms with Gasteiger partial charge in [0.25, 0.3) is 0 Å². The van der Waals surface area contributed by atoms with Crippen molar-refractivity contribution in [1.29, 1.82) is 0 Å². The lowest BCUT2D eigenvalue weighted by molar-refractivity contribution is -0.121. The smallest absolute Gasteiger partial charge is 0.220 e. The van der Waals surface area contributed by atoms with Gasteiger partial charge >= 0.3 is 0 Å². The van der Waals surface area contributed by atoms with Gasteiger partial charge in [0.1, 0.15) is 0 Å². The number of hydrogen-bond donors (Lipinski definition) is 1. The van der Waals surface area contributed by atoms with Crippen LogP contribution in [0.5, 0.6) is 0 Å². The van der Waals surface area contributed by atoms with Crippen LogP contribution in [0.3, 0.4) is 0 Å². The molecule has 1 atom stereocenters. The fourth-order valence-corrected chi connectivity index (χ4v) is 3.37. The van der Waals surface area contributed by atoms with E-state index in [1.165, 1.54) is 22.3 Å². The van der Waals surface area contributed by atoms with Crippen molar-refractivity contribution in [2.75, 3.05) is 6.54 Å². The lowest BCUT2D eigenvalue weighted by Crippen LogP contribution is -2.26. The highest BCUT2D eigenvalue weighted by molar-refractivity contribution is 5.77. The van der Waals surface area contributed by atoms with Crippen molar-refractivity contribution in [2.45, 2.75) is 38.5 Å². The van der Waals surface area contributed by atoms with E-state index in [1.54, 1.807) is 0 Å². The molecule has 3 rings (SSSR count). The minimum absolute atomic E-state index is 0.175. The van der Waals surface area contributed by atoms with Gasteiger partial charge in [-0.3, -0.25) is 4.79 Å². The zero-order chi connectivity index (χ0) is 15.4. The molecule has 1 unspecified atom stereocenters. The van der Waals surface area contributed by atoms with Gasteiger partial charge in [0.15, 0.2) is 0 Å². The first-order valence-electron chi connectivity index (χ1n) is 8.12. The summed E-state index contributed by atoms with van der Waals surface area (Å²) < 4.78 is 0. The van der Waals surface area contributed by atoms with Crippen molar-refractivity contribution < 1.29 is 4.79 Å². The monoisotopic (exact) mass is 293 g/mol. The molecule has 0 saturated carbocycles. The summed E-state index contributed by atoms with van der Waals surface area (Å²) in [7, 11) is 0. The summed E-state index contributed by atoms with van der Waals surface area (Å²) in [5.41, 5.74) is 5.34. The molecule has 0 bridgehead atoms. The fraction of sp³-hybridized carbons (Fsp3) is 0.350. The zero-order valence-corrected chi connectivity index (χ0v) is 13.1. The van der Waals surface area contributed by atoms with Gasteiger partial charge in [0.2, 0.25) is 5.91 Å². The van der Waals surface area contributed by atoms with E-state index in [0.717, 1.165) is 25.8 Å². The van der Waals surface area contributed by atoms with Crippen LogP contribution in [-0.2, 0) is 17.6 Å². The SMILES string of the molecule is Cc1cccc(CCNC(=O)CC2CCc3ccccc32)c1. The molecule has 22 heavy (non-hydrogen) atoms. The number of rotatable bonds is 5. The van der Waals surface area contributed by atoms with Gasteiger partial charge in [0, 0.05) is 13.0 Å². The zero-order valence-electron chi connectivity index (χ0n) is 13.1. The summed E-state index contributed by atoms with van der Waals surface area (Å²) >= 11 is 0. The van der Waals surface area contributed by atoms with Crippen molar-refractivity contribution >= 4 is 5.91 Å². The number of nitrogens with one attached hydrogen (secondary N) is 1. The van der Waals surface area contributed by atoms with Crippen LogP contribution < -0.4 is 5.32 Å². The van der Waals surface area contributed by atoms with Crippen LogP contribution in [0, 0.1) is 6.92 Å². The molecule has 1 aliphatic rings. The molecule has 0 saturated heterocycles. The van der Waals surface area contributed by atoms with Crippen molar-refractivity contribution in [1.82, 2.24) is 5.32 Å². The van der Waals surface area contributed by atoms with E-state index in [0.29, 0.717) is 12.3 Å².